The van der Waals surface area contributed by atoms with Gasteiger partial charge in [0.15, 0.2) is 0 Å². The van der Waals surface area contributed by atoms with E-state index in [-0.39, 0.29) is 11.8 Å². The fourth-order valence-corrected chi connectivity index (χ4v) is 1.98. The maximum absolute atomic E-state index is 11.7. The molecule has 102 valence electrons. The minimum atomic E-state index is 0.0575. The second kappa shape index (κ2) is 5.28. The molecule has 0 bridgehead atoms. The van der Waals surface area contributed by atoms with Gasteiger partial charge in [-0.05, 0) is 30.5 Å². The number of aromatic nitrogens is 2. The standard InChI is InChI=1S/C15H16N4O/c16-12-5-1-10(2-6-12)7-13-8-14(18-9-17-13)19-15(20)11-3-4-11/h1-2,5-6,8-9,11H,3-4,7,16H2,(H,17,18,19,20). The van der Waals surface area contributed by atoms with Gasteiger partial charge in [-0.3, -0.25) is 4.79 Å². The fraction of sp³-hybridized carbons (Fsp3) is 0.267. The van der Waals surface area contributed by atoms with E-state index in [0.717, 1.165) is 29.8 Å². The lowest BCUT2D eigenvalue weighted by Crippen LogP contribution is -2.14. The Bertz CT molecular complexity index is 620. The Balaban J connectivity index is 1.70. The molecule has 0 radical (unpaired) electrons. The number of carbonyl (C=O) groups excluding carboxylic acids is 1. The van der Waals surface area contributed by atoms with E-state index in [4.69, 9.17) is 5.73 Å². The predicted molar refractivity (Wildman–Crippen MR) is 77.0 cm³/mol. The molecule has 5 heteroatoms. The number of hydrogen-bond acceptors (Lipinski definition) is 4. The number of nitrogens with zero attached hydrogens (tertiary/aromatic N) is 2. The van der Waals surface area contributed by atoms with E-state index in [1.54, 1.807) is 0 Å². The number of nitrogen functional groups attached to an aromatic ring is 1. The van der Waals surface area contributed by atoms with Crippen LogP contribution in [-0.4, -0.2) is 15.9 Å². The second-order valence-corrected chi connectivity index (χ2v) is 5.08. The Labute approximate surface area is 117 Å². The highest BCUT2D eigenvalue weighted by molar-refractivity contribution is 5.93. The Kier molecular flexibility index (Phi) is 3.33. The summed E-state index contributed by atoms with van der Waals surface area (Å²) in [5, 5.41) is 2.83. The maximum atomic E-state index is 11.7. The van der Waals surface area contributed by atoms with E-state index in [1.165, 1.54) is 6.33 Å². The number of rotatable bonds is 4. The molecule has 3 N–H and O–H groups in total. The highest BCUT2D eigenvalue weighted by Gasteiger charge is 2.29. The molecule has 1 aliphatic carbocycles. The third kappa shape index (κ3) is 3.12. The Morgan fingerprint density at radius 1 is 1.25 bits per heavy atom. The van der Waals surface area contributed by atoms with E-state index in [1.807, 2.05) is 30.3 Å². The molecule has 1 fully saturated rings. The van der Waals surface area contributed by atoms with Gasteiger partial charge in [0.1, 0.15) is 12.1 Å². The van der Waals surface area contributed by atoms with Crippen molar-refractivity contribution >= 4 is 17.4 Å². The number of anilines is 2. The Hall–Kier alpha value is -2.43. The number of nitrogens with one attached hydrogen (secondary N) is 1. The van der Waals surface area contributed by atoms with Crippen LogP contribution in [0.25, 0.3) is 0 Å². The number of nitrogens with two attached hydrogens (primary N) is 1. The van der Waals surface area contributed by atoms with Gasteiger partial charge >= 0.3 is 0 Å². The summed E-state index contributed by atoms with van der Waals surface area (Å²) in [4.78, 5) is 20.0. The van der Waals surface area contributed by atoms with Gasteiger partial charge < -0.3 is 11.1 Å². The van der Waals surface area contributed by atoms with Crippen LogP contribution in [0.3, 0.4) is 0 Å². The van der Waals surface area contributed by atoms with Crippen LogP contribution in [0.15, 0.2) is 36.7 Å². The number of benzene rings is 1. The van der Waals surface area contributed by atoms with Crippen molar-refractivity contribution in [2.75, 3.05) is 11.1 Å². The minimum absolute atomic E-state index is 0.0575. The van der Waals surface area contributed by atoms with Crippen molar-refractivity contribution in [1.29, 1.82) is 0 Å². The summed E-state index contributed by atoms with van der Waals surface area (Å²) in [6.45, 7) is 0. The van der Waals surface area contributed by atoms with E-state index >= 15 is 0 Å². The largest absolute Gasteiger partial charge is 0.399 e. The fourth-order valence-electron chi connectivity index (χ4n) is 1.98. The van der Waals surface area contributed by atoms with Crippen molar-refractivity contribution < 1.29 is 4.79 Å². The van der Waals surface area contributed by atoms with Gasteiger partial charge in [0.25, 0.3) is 0 Å². The molecule has 5 nitrogen and oxygen atoms in total. The van der Waals surface area contributed by atoms with Crippen LogP contribution in [-0.2, 0) is 11.2 Å². The third-order valence-corrected chi connectivity index (χ3v) is 3.29. The van der Waals surface area contributed by atoms with Gasteiger partial charge in [0.05, 0.1) is 5.69 Å². The molecule has 0 atom stereocenters. The normalized spacial score (nSPS) is 14.0. The van der Waals surface area contributed by atoms with Crippen LogP contribution in [0.1, 0.15) is 24.1 Å². The van der Waals surface area contributed by atoms with Crippen LogP contribution in [0.5, 0.6) is 0 Å². The van der Waals surface area contributed by atoms with Crippen molar-refractivity contribution in [2.45, 2.75) is 19.3 Å². The van der Waals surface area contributed by atoms with Gasteiger partial charge in [-0.1, -0.05) is 12.1 Å². The highest BCUT2D eigenvalue weighted by Crippen LogP contribution is 2.29. The number of hydrogen-bond donors (Lipinski definition) is 2. The predicted octanol–water partition coefficient (Wildman–Crippen LogP) is 2.00. The molecule has 3 rings (SSSR count). The number of carbonyl (C=O) groups is 1. The summed E-state index contributed by atoms with van der Waals surface area (Å²) >= 11 is 0. The molecule has 1 aromatic carbocycles. The SMILES string of the molecule is Nc1ccc(Cc2cc(NC(=O)C3CC3)ncn2)cc1. The van der Waals surface area contributed by atoms with Crippen molar-refractivity contribution in [3.8, 4) is 0 Å². The van der Waals surface area contributed by atoms with Crippen LogP contribution < -0.4 is 11.1 Å². The lowest BCUT2D eigenvalue weighted by atomic mass is 10.1. The molecule has 0 unspecified atom stereocenters. The monoisotopic (exact) mass is 268 g/mol. The molecular weight excluding hydrogens is 252 g/mol. The molecule has 1 heterocycles. The Morgan fingerprint density at radius 2 is 2.00 bits per heavy atom. The van der Waals surface area contributed by atoms with Crippen molar-refractivity contribution in [2.24, 2.45) is 5.92 Å². The summed E-state index contributed by atoms with van der Waals surface area (Å²) in [5.41, 5.74) is 8.40. The van der Waals surface area contributed by atoms with Gasteiger partial charge in [-0.15, -0.1) is 0 Å². The van der Waals surface area contributed by atoms with Gasteiger partial charge in [-0.25, -0.2) is 9.97 Å². The first-order valence-corrected chi connectivity index (χ1v) is 6.67. The van der Waals surface area contributed by atoms with Crippen LogP contribution >= 0.6 is 0 Å². The summed E-state index contributed by atoms with van der Waals surface area (Å²) in [6, 6.07) is 9.50. The summed E-state index contributed by atoms with van der Waals surface area (Å²) in [6.07, 6.45) is 4.13. The molecule has 0 spiro atoms. The van der Waals surface area contributed by atoms with E-state index in [2.05, 4.69) is 15.3 Å². The van der Waals surface area contributed by atoms with E-state index < -0.39 is 0 Å². The molecule has 20 heavy (non-hydrogen) atoms. The zero-order valence-corrected chi connectivity index (χ0v) is 11.0. The van der Waals surface area contributed by atoms with Crippen molar-refractivity contribution in [1.82, 2.24) is 9.97 Å². The average molecular weight is 268 g/mol. The molecule has 0 aliphatic heterocycles. The Morgan fingerprint density at radius 3 is 2.70 bits per heavy atom. The number of amides is 1. The molecule has 2 aromatic rings. The first kappa shape index (κ1) is 12.6. The first-order valence-electron chi connectivity index (χ1n) is 6.67. The van der Waals surface area contributed by atoms with Crippen LogP contribution in [0.4, 0.5) is 11.5 Å². The summed E-state index contributed by atoms with van der Waals surface area (Å²) in [7, 11) is 0. The third-order valence-electron chi connectivity index (χ3n) is 3.29. The summed E-state index contributed by atoms with van der Waals surface area (Å²) < 4.78 is 0. The molecular formula is C15H16N4O. The second-order valence-electron chi connectivity index (χ2n) is 5.08. The molecule has 1 amide bonds. The lowest BCUT2D eigenvalue weighted by Gasteiger charge is -2.06. The molecule has 1 saturated carbocycles. The van der Waals surface area contributed by atoms with Gasteiger partial charge in [-0.2, -0.15) is 0 Å². The maximum Gasteiger partial charge on any atom is 0.228 e. The molecule has 0 saturated heterocycles. The topological polar surface area (TPSA) is 80.9 Å². The molecule has 1 aromatic heterocycles. The molecule has 1 aliphatic rings. The van der Waals surface area contributed by atoms with E-state index in [9.17, 15) is 4.79 Å². The average Bonchev–Trinajstić information content (AvgIpc) is 3.26. The quantitative estimate of drug-likeness (QED) is 0.831. The van der Waals surface area contributed by atoms with Crippen LogP contribution in [0, 0.1) is 5.92 Å². The highest BCUT2D eigenvalue weighted by atomic mass is 16.2. The first-order chi connectivity index (χ1) is 9.70. The zero-order chi connectivity index (χ0) is 13.9. The summed E-state index contributed by atoms with van der Waals surface area (Å²) in [5.74, 6) is 0.801. The lowest BCUT2D eigenvalue weighted by molar-refractivity contribution is -0.117. The van der Waals surface area contributed by atoms with Crippen molar-refractivity contribution in [3.05, 3.63) is 47.9 Å². The smallest absolute Gasteiger partial charge is 0.228 e. The van der Waals surface area contributed by atoms with Crippen molar-refractivity contribution in [3.63, 3.8) is 0 Å². The van der Waals surface area contributed by atoms with Gasteiger partial charge in [0.2, 0.25) is 5.91 Å². The zero-order valence-electron chi connectivity index (χ0n) is 11.0. The minimum Gasteiger partial charge on any atom is -0.399 e. The van der Waals surface area contributed by atoms with Crippen LogP contribution in [0.2, 0.25) is 0 Å². The van der Waals surface area contributed by atoms with Gasteiger partial charge in [0, 0.05) is 24.1 Å². The van der Waals surface area contributed by atoms with E-state index in [0.29, 0.717) is 12.2 Å².